The van der Waals surface area contributed by atoms with Crippen LogP contribution in [0.15, 0.2) is 41.3 Å². The number of amides is 3. The molecule has 3 heterocycles. The van der Waals surface area contributed by atoms with Crippen LogP contribution in [0.3, 0.4) is 0 Å². The first kappa shape index (κ1) is 27.0. The predicted octanol–water partition coefficient (Wildman–Crippen LogP) is 5.88. The van der Waals surface area contributed by atoms with Crippen molar-refractivity contribution in [1.82, 2.24) is 9.47 Å². The number of ether oxygens (including phenoxy) is 1. The molecule has 39 heavy (non-hydrogen) atoms. The quantitative estimate of drug-likeness (QED) is 0.297. The summed E-state index contributed by atoms with van der Waals surface area (Å²) >= 11 is 2.45. The van der Waals surface area contributed by atoms with Gasteiger partial charge in [0, 0.05) is 22.0 Å². The molecule has 1 atom stereocenters. The lowest BCUT2D eigenvalue weighted by molar-refractivity contribution is -0.148. The standard InChI is InChI=1S/C29H29N3O5S2/c1-16-14-19(15-23-26(34)32(29(36)39-23)18(3)28(35)37-4)17(2)31(16)27-24(21-12-8-9-13-22(21)38-27)25(33)30-20-10-6-5-7-11-20/h5-7,10-11,14-15,18H,8-9,12-13H2,1-4H3,(H,30,33)/b23-15+/t18-/m1/s1. The van der Waals surface area contributed by atoms with Crippen LogP contribution in [0.1, 0.15) is 57.5 Å². The number of hydrogen-bond donors (Lipinski definition) is 1. The number of aryl methyl sites for hydroxylation is 2. The van der Waals surface area contributed by atoms with Crippen molar-refractivity contribution in [3.63, 3.8) is 0 Å². The minimum absolute atomic E-state index is 0.137. The van der Waals surface area contributed by atoms with Gasteiger partial charge in [-0.15, -0.1) is 11.3 Å². The number of para-hydroxylation sites is 1. The van der Waals surface area contributed by atoms with E-state index in [9.17, 15) is 19.2 Å². The molecule has 5 rings (SSSR count). The Labute approximate surface area is 235 Å². The fraction of sp³-hybridized carbons (Fsp3) is 0.310. The molecule has 0 spiro atoms. The Morgan fingerprint density at radius 2 is 1.82 bits per heavy atom. The summed E-state index contributed by atoms with van der Waals surface area (Å²) in [6.45, 7) is 5.38. The zero-order valence-corrected chi connectivity index (χ0v) is 23.8. The van der Waals surface area contributed by atoms with Crippen LogP contribution >= 0.6 is 23.1 Å². The second kappa shape index (κ2) is 10.9. The van der Waals surface area contributed by atoms with Gasteiger partial charge in [0.15, 0.2) is 0 Å². The maximum absolute atomic E-state index is 13.6. The van der Waals surface area contributed by atoms with E-state index in [4.69, 9.17) is 4.74 Å². The molecule has 2 aromatic heterocycles. The monoisotopic (exact) mass is 563 g/mol. The molecule has 2 aliphatic rings. The number of hydrogen-bond acceptors (Lipinski definition) is 7. The molecule has 0 saturated carbocycles. The van der Waals surface area contributed by atoms with Gasteiger partial charge >= 0.3 is 5.97 Å². The van der Waals surface area contributed by atoms with Crippen molar-refractivity contribution in [2.24, 2.45) is 0 Å². The van der Waals surface area contributed by atoms with Gasteiger partial charge in [-0.3, -0.25) is 19.3 Å². The number of fused-ring (bicyclic) bond motifs is 1. The van der Waals surface area contributed by atoms with Crippen molar-refractivity contribution in [2.45, 2.75) is 52.5 Å². The first-order valence-corrected chi connectivity index (χ1v) is 14.4. The van der Waals surface area contributed by atoms with Crippen molar-refractivity contribution in [1.29, 1.82) is 0 Å². The second-order valence-corrected chi connectivity index (χ2v) is 11.7. The lowest BCUT2D eigenvalue weighted by Gasteiger charge is -2.18. The molecule has 202 valence electrons. The van der Waals surface area contributed by atoms with Crippen molar-refractivity contribution in [2.75, 3.05) is 12.4 Å². The summed E-state index contributed by atoms with van der Waals surface area (Å²) in [5, 5.41) is 3.41. The Hall–Kier alpha value is -3.63. The lowest BCUT2D eigenvalue weighted by atomic mass is 9.95. The van der Waals surface area contributed by atoms with Gasteiger partial charge in [-0.25, -0.2) is 4.79 Å². The summed E-state index contributed by atoms with van der Waals surface area (Å²) in [5.74, 6) is -1.32. The Kier molecular flexibility index (Phi) is 7.51. The van der Waals surface area contributed by atoms with E-state index < -0.39 is 23.2 Å². The molecular formula is C29H29N3O5S2. The highest BCUT2D eigenvalue weighted by Crippen LogP contribution is 2.40. The third kappa shape index (κ3) is 4.94. The highest BCUT2D eigenvalue weighted by Gasteiger charge is 2.41. The van der Waals surface area contributed by atoms with Crippen LogP contribution in [0.25, 0.3) is 11.1 Å². The van der Waals surface area contributed by atoms with E-state index in [1.165, 1.54) is 18.9 Å². The smallest absolute Gasteiger partial charge is 0.328 e. The highest BCUT2D eigenvalue weighted by atomic mass is 32.2. The first-order chi connectivity index (χ1) is 18.7. The number of benzene rings is 1. The van der Waals surface area contributed by atoms with Crippen molar-refractivity contribution in [3.05, 3.63) is 74.3 Å². The third-order valence-corrected chi connectivity index (χ3v) is 9.29. The summed E-state index contributed by atoms with van der Waals surface area (Å²) in [5.41, 5.74) is 5.08. The van der Waals surface area contributed by atoms with Crippen LogP contribution in [0.5, 0.6) is 0 Å². The van der Waals surface area contributed by atoms with Crippen LogP contribution < -0.4 is 5.32 Å². The maximum Gasteiger partial charge on any atom is 0.328 e. The van der Waals surface area contributed by atoms with Gasteiger partial charge in [0.25, 0.3) is 17.1 Å². The first-order valence-electron chi connectivity index (χ1n) is 12.8. The van der Waals surface area contributed by atoms with E-state index in [0.29, 0.717) is 5.56 Å². The third-order valence-electron chi connectivity index (χ3n) is 7.12. The molecule has 1 aromatic carbocycles. The van der Waals surface area contributed by atoms with Gasteiger partial charge in [-0.2, -0.15) is 0 Å². The Bertz CT molecular complexity index is 1520. The Morgan fingerprint density at radius 3 is 2.54 bits per heavy atom. The molecule has 1 saturated heterocycles. The molecule has 1 aliphatic carbocycles. The summed E-state index contributed by atoms with van der Waals surface area (Å²) in [4.78, 5) is 53.7. The number of nitrogens with one attached hydrogen (secondary N) is 1. The SMILES string of the molecule is COC(=O)[C@@H](C)N1C(=O)S/C(=C/c2cc(C)n(-c3sc4c(c3C(=O)Nc3ccccc3)CCCC4)c2C)C1=O. The van der Waals surface area contributed by atoms with Crippen LogP contribution in [-0.2, 0) is 27.2 Å². The van der Waals surface area contributed by atoms with Gasteiger partial charge in [0.05, 0.1) is 17.6 Å². The van der Waals surface area contributed by atoms with Gasteiger partial charge in [-0.1, -0.05) is 18.2 Å². The maximum atomic E-state index is 13.6. The van der Waals surface area contributed by atoms with Crippen LogP contribution in [0.4, 0.5) is 10.5 Å². The summed E-state index contributed by atoms with van der Waals surface area (Å²) < 4.78 is 6.78. The molecule has 0 unspecified atom stereocenters. The molecule has 3 amide bonds. The number of esters is 1. The Balaban J connectivity index is 1.54. The van der Waals surface area contributed by atoms with Crippen molar-refractivity contribution >= 4 is 57.9 Å². The summed E-state index contributed by atoms with van der Waals surface area (Å²) in [7, 11) is 1.22. The van der Waals surface area contributed by atoms with E-state index in [2.05, 4.69) is 9.88 Å². The molecule has 3 aromatic rings. The minimum atomic E-state index is -1.01. The number of anilines is 1. The average Bonchev–Trinajstić information content (AvgIpc) is 3.53. The number of thiophene rings is 1. The Morgan fingerprint density at radius 1 is 1.10 bits per heavy atom. The largest absolute Gasteiger partial charge is 0.467 e. The lowest BCUT2D eigenvalue weighted by Crippen LogP contribution is -2.42. The van der Waals surface area contributed by atoms with Crippen LogP contribution in [-0.4, -0.2) is 45.6 Å². The molecule has 10 heteroatoms. The molecule has 1 N–H and O–H groups in total. The summed E-state index contributed by atoms with van der Waals surface area (Å²) in [6, 6.07) is 10.4. The zero-order valence-electron chi connectivity index (χ0n) is 22.2. The minimum Gasteiger partial charge on any atom is -0.467 e. The average molecular weight is 564 g/mol. The fourth-order valence-corrected chi connectivity index (χ4v) is 7.53. The van der Waals surface area contributed by atoms with Crippen LogP contribution in [0.2, 0.25) is 0 Å². The molecule has 1 fully saturated rings. The fourth-order valence-electron chi connectivity index (χ4n) is 5.14. The molecule has 0 radical (unpaired) electrons. The van der Waals surface area contributed by atoms with Crippen molar-refractivity contribution in [3.8, 4) is 5.00 Å². The molecule has 8 nitrogen and oxygen atoms in total. The van der Waals surface area contributed by atoms with Gasteiger partial charge in [0.2, 0.25) is 0 Å². The zero-order chi connectivity index (χ0) is 27.8. The number of nitrogens with zero attached hydrogens (tertiary/aromatic N) is 2. The van der Waals surface area contributed by atoms with Crippen molar-refractivity contribution < 1.29 is 23.9 Å². The van der Waals surface area contributed by atoms with E-state index in [0.717, 1.165) is 75.5 Å². The second-order valence-electron chi connectivity index (χ2n) is 9.62. The molecule has 0 bridgehead atoms. The van der Waals surface area contributed by atoms with E-state index in [-0.39, 0.29) is 10.8 Å². The van der Waals surface area contributed by atoms with E-state index >= 15 is 0 Å². The number of rotatable bonds is 6. The summed E-state index contributed by atoms with van der Waals surface area (Å²) in [6.07, 6.45) is 5.64. The molecule has 1 aliphatic heterocycles. The number of thioether (sulfide) groups is 1. The van der Waals surface area contributed by atoms with E-state index in [1.54, 1.807) is 17.4 Å². The predicted molar refractivity (Wildman–Crippen MR) is 153 cm³/mol. The molecular weight excluding hydrogens is 534 g/mol. The number of carbonyl (C=O) groups is 4. The topological polar surface area (TPSA) is 97.7 Å². The number of aromatic nitrogens is 1. The van der Waals surface area contributed by atoms with Crippen LogP contribution in [0, 0.1) is 13.8 Å². The number of imide groups is 1. The van der Waals surface area contributed by atoms with Gasteiger partial charge in [0.1, 0.15) is 11.0 Å². The van der Waals surface area contributed by atoms with Gasteiger partial charge in [-0.05, 0) is 93.6 Å². The number of methoxy groups -OCH3 is 1. The highest BCUT2D eigenvalue weighted by molar-refractivity contribution is 8.18. The number of carbonyl (C=O) groups excluding carboxylic acids is 4. The van der Waals surface area contributed by atoms with E-state index in [1.807, 2.05) is 50.2 Å². The van der Waals surface area contributed by atoms with Gasteiger partial charge < -0.3 is 14.6 Å². The normalized spacial score (nSPS) is 16.9.